The van der Waals surface area contributed by atoms with Crippen LogP contribution in [0.2, 0.25) is 0 Å². The number of hydrogen-bond donors (Lipinski definition) is 0. The van der Waals surface area contributed by atoms with Crippen LogP contribution in [-0.2, 0) is 0 Å². The van der Waals surface area contributed by atoms with Crippen LogP contribution in [0.3, 0.4) is 0 Å². The quantitative estimate of drug-likeness (QED) is 0.815. The van der Waals surface area contributed by atoms with Gasteiger partial charge in [-0.15, -0.1) is 0 Å². The molecule has 0 saturated heterocycles. The maximum Gasteiger partial charge on any atom is 0.144 e. The topological polar surface area (TPSA) is 45.9 Å². The highest BCUT2D eigenvalue weighted by Gasteiger charge is 2.02. The van der Waals surface area contributed by atoms with Crippen LogP contribution < -0.4 is 4.74 Å². The van der Waals surface area contributed by atoms with Crippen molar-refractivity contribution in [1.82, 2.24) is 4.98 Å². The van der Waals surface area contributed by atoms with Gasteiger partial charge in [-0.2, -0.15) is 5.26 Å². The van der Waals surface area contributed by atoms with Crippen LogP contribution in [0.15, 0.2) is 42.6 Å². The lowest BCUT2D eigenvalue weighted by molar-refractivity contribution is 0.481. The van der Waals surface area contributed by atoms with Crippen LogP contribution in [0, 0.1) is 11.3 Å². The zero-order chi connectivity index (χ0) is 13.0. The van der Waals surface area contributed by atoms with Gasteiger partial charge < -0.3 is 4.74 Å². The highest BCUT2D eigenvalue weighted by Crippen LogP contribution is 2.23. The number of ether oxygens (including phenoxy) is 1. The number of pyridine rings is 1. The molecule has 0 aliphatic heterocycles. The summed E-state index contributed by atoms with van der Waals surface area (Å²) in [5, 5.41) is 8.76. The Kier molecular flexibility index (Phi) is 3.59. The lowest BCUT2D eigenvalue weighted by Crippen LogP contribution is -1.89. The zero-order valence-corrected chi connectivity index (χ0v) is 10.4. The number of nitrogens with zero attached hydrogens (tertiary/aromatic N) is 2. The second kappa shape index (κ2) is 5.33. The lowest BCUT2D eigenvalue weighted by Gasteiger charge is -2.08. The van der Waals surface area contributed by atoms with E-state index in [2.05, 4.69) is 18.8 Å². The van der Waals surface area contributed by atoms with Crippen molar-refractivity contribution >= 4 is 0 Å². The maximum atomic E-state index is 8.76. The van der Waals surface area contributed by atoms with Crippen LogP contribution in [-0.4, -0.2) is 4.98 Å². The molecule has 18 heavy (non-hydrogen) atoms. The highest BCUT2D eigenvalue weighted by molar-refractivity contribution is 5.36. The molecule has 0 atom stereocenters. The van der Waals surface area contributed by atoms with Crippen LogP contribution >= 0.6 is 0 Å². The van der Waals surface area contributed by atoms with E-state index in [0.29, 0.717) is 17.4 Å². The van der Waals surface area contributed by atoms with Gasteiger partial charge in [-0.3, -0.25) is 0 Å². The third-order valence-corrected chi connectivity index (χ3v) is 2.63. The molecule has 0 bridgehead atoms. The Labute approximate surface area is 107 Å². The molecular formula is C15H14N2O. The molecule has 2 aromatic rings. The van der Waals surface area contributed by atoms with Crippen LogP contribution in [0.5, 0.6) is 11.5 Å². The van der Waals surface area contributed by atoms with Crippen molar-refractivity contribution in [3.63, 3.8) is 0 Å². The largest absolute Gasteiger partial charge is 0.457 e. The summed E-state index contributed by atoms with van der Waals surface area (Å²) in [5.74, 6) is 1.89. The van der Waals surface area contributed by atoms with Gasteiger partial charge in [-0.05, 0) is 29.7 Å². The standard InChI is InChI=1S/C15H14N2O/c1-11(2)12-3-5-14(6-4-12)18-15-7-8-17-13(9-15)10-16/h3-9,11H,1-2H3. The summed E-state index contributed by atoms with van der Waals surface area (Å²) in [6, 6.07) is 13.3. The first-order valence-corrected chi connectivity index (χ1v) is 5.83. The molecule has 2 rings (SSSR count). The van der Waals surface area contributed by atoms with Crippen LogP contribution in [0.25, 0.3) is 0 Å². The fourth-order valence-electron chi connectivity index (χ4n) is 1.59. The number of nitriles is 1. The minimum atomic E-state index is 0.353. The monoisotopic (exact) mass is 238 g/mol. The lowest BCUT2D eigenvalue weighted by atomic mass is 10.0. The summed E-state index contributed by atoms with van der Waals surface area (Å²) >= 11 is 0. The number of aromatic nitrogens is 1. The summed E-state index contributed by atoms with van der Waals surface area (Å²) in [6.45, 7) is 4.30. The first-order chi connectivity index (χ1) is 8.69. The molecule has 0 N–H and O–H groups in total. The van der Waals surface area contributed by atoms with E-state index in [1.807, 2.05) is 30.3 Å². The van der Waals surface area contributed by atoms with E-state index in [4.69, 9.17) is 10.00 Å². The Morgan fingerprint density at radius 1 is 1.11 bits per heavy atom. The van der Waals surface area contributed by atoms with Crippen molar-refractivity contribution < 1.29 is 4.74 Å². The zero-order valence-electron chi connectivity index (χ0n) is 10.4. The minimum Gasteiger partial charge on any atom is -0.457 e. The normalized spacial score (nSPS) is 10.1. The number of benzene rings is 1. The molecule has 0 amide bonds. The molecule has 0 fully saturated rings. The molecule has 0 saturated carbocycles. The molecule has 0 aliphatic carbocycles. The van der Waals surface area contributed by atoms with Gasteiger partial charge in [0.2, 0.25) is 0 Å². The summed E-state index contributed by atoms with van der Waals surface area (Å²) < 4.78 is 5.66. The first-order valence-electron chi connectivity index (χ1n) is 5.83. The van der Waals surface area contributed by atoms with Crippen molar-refractivity contribution in [3.8, 4) is 17.6 Å². The molecular weight excluding hydrogens is 224 g/mol. The van der Waals surface area contributed by atoms with Gasteiger partial charge in [0.05, 0.1) is 0 Å². The predicted molar refractivity (Wildman–Crippen MR) is 69.6 cm³/mol. The summed E-state index contributed by atoms with van der Waals surface area (Å²) in [6.07, 6.45) is 1.57. The van der Waals surface area contributed by atoms with E-state index in [9.17, 15) is 0 Å². The molecule has 3 nitrogen and oxygen atoms in total. The summed E-state index contributed by atoms with van der Waals surface area (Å²) in [4.78, 5) is 3.90. The third-order valence-electron chi connectivity index (χ3n) is 2.63. The van der Waals surface area contributed by atoms with Gasteiger partial charge in [-0.1, -0.05) is 26.0 Å². The van der Waals surface area contributed by atoms with Crippen molar-refractivity contribution in [1.29, 1.82) is 5.26 Å². The van der Waals surface area contributed by atoms with Crippen LogP contribution in [0.1, 0.15) is 31.0 Å². The Morgan fingerprint density at radius 2 is 1.83 bits per heavy atom. The Bertz CT molecular complexity index is 568. The second-order valence-electron chi connectivity index (χ2n) is 4.31. The van der Waals surface area contributed by atoms with Gasteiger partial charge in [-0.25, -0.2) is 4.98 Å². The average Bonchev–Trinajstić information content (AvgIpc) is 2.39. The SMILES string of the molecule is CC(C)c1ccc(Oc2ccnc(C#N)c2)cc1. The van der Waals surface area contributed by atoms with Crippen molar-refractivity contribution in [2.75, 3.05) is 0 Å². The molecule has 1 heterocycles. The second-order valence-corrected chi connectivity index (χ2v) is 4.31. The Balaban J connectivity index is 2.16. The molecule has 0 spiro atoms. The van der Waals surface area contributed by atoms with E-state index >= 15 is 0 Å². The van der Waals surface area contributed by atoms with E-state index in [0.717, 1.165) is 5.75 Å². The molecule has 0 radical (unpaired) electrons. The smallest absolute Gasteiger partial charge is 0.144 e. The molecule has 0 unspecified atom stereocenters. The number of rotatable bonds is 3. The highest BCUT2D eigenvalue weighted by atomic mass is 16.5. The van der Waals surface area contributed by atoms with E-state index in [1.54, 1.807) is 18.3 Å². The predicted octanol–water partition coefficient (Wildman–Crippen LogP) is 3.87. The van der Waals surface area contributed by atoms with Crippen molar-refractivity contribution in [2.24, 2.45) is 0 Å². The van der Waals surface area contributed by atoms with Gasteiger partial charge in [0, 0.05) is 12.3 Å². The molecule has 0 aliphatic rings. The summed E-state index contributed by atoms with van der Waals surface area (Å²) in [5.41, 5.74) is 1.63. The van der Waals surface area contributed by atoms with Gasteiger partial charge in [0.25, 0.3) is 0 Å². The van der Waals surface area contributed by atoms with E-state index in [-0.39, 0.29) is 0 Å². The van der Waals surface area contributed by atoms with E-state index in [1.165, 1.54) is 5.56 Å². The Hall–Kier alpha value is -2.34. The molecule has 1 aromatic heterocycles. The van der Waals surface area contributed by atoms with Gasteiger partial charge in [0.1, 0.15) is 23.3 Å². The van der Waals surface area contributed by atoms with Gasteiger partial charge >= 0.3 is 0 Å². The van der Waals surface area contributed by atoms with Gasteiger partial charge in [0.15, 0.2) is 0 Å². The minimum absolute atomic E-state index is 0.353. The van der Waals surface area contributed by atoms with Crippen LogP contribution in [0.4, 0.5) is 0 Å². The van der Waals surface area contributed by atoms with Crippen molar-refractivity contribution in [3.05, 3.63) is 53.9 Å². The van der Waals surface area contributed by atoms with E-state index < -0.39 is 0 Å². The third kappa shape index (κ3) is 2.86. The summed E-state index contributed by atoms with van der Waals surface area (Å²) in [7, 11) is 0. The Morgan fingerprint density at radius 3 is 2.44 bits per heavy atom. The molecule has 90 valence electrons. The first kappa shape index (κ1) is 12.1. The average molecular weight is 238 g/mol. The van der Waals surface area contributed by atoms with Crippen molar-refractivity contribution in [2.45, 2.75) is 19.8 Å². The fraction of sp³-hybridized carbons (Fsp3) is 0.200. The molecule has 3 heteroatoms. The fourth-order valence-corrected chi connectivity index (χ4v) is 1.59. The number of hydrogen-bond acceptors (Lipinski definition) is 3. The maximum absolute atomic E-state index is 8.76. The molecule has 1 aromatic carbocycles.